The van der Waals surface area contributed by atoms with Gasteiger partial charge in [-0.2, -0.15) is 0 Å². The summed E-state index contributed by atoms with van der Waals surface area (Å²) in [5.41, 5.74) is 5.71. The minimum atomic E-state index is 0.424. The van der Waals surface area contributed by atoms with Crippen molar-refractivity contribution in [1.29, 1.82) is 0 Å². The van der Waals surface area contributed by atoms with Gasteiger partial charge in [-0.1, -0.05) is 6.92 Å². The van der Waals surface area contributed by atoms with Crippen LogP contribution in [0.1, 0.15) is 19.8 Å². The van der Waals surface area contributed by atoms with Crippen LogP contribution in [-0.2, 0) is 4.74 Å². The molecule has 1 aliphatic heterocycles. The molecule has 0 radical (unpaired) electrons. The molecular formula is C10H22N2O. The summed E-state index contributed by atoms with van der Waals surface area (Å²) < 4.78 is 5.16. The van der Waals surface area contributed by atoms with Crippen molar-refractivity contribution in [3.63, 3.8) is 0 Å². The standard InChI is InChI=1S/C10H22N2O/c1-9-4-3-5-12(7-9)10(6-11)8-13-2/h9-10H,3-8,11H2,1-2H3. The first kappa shape index (κ1) is 11.0. The SMILES string of the molecule is COCC(CN)N1CCCC(C)C1. The Bertz CT molecular complexity index is 141. The van der Waals surface area contributed by atoms with E-state index in [-0.39, 0.29) is 0 Å². The molecule has 13 heavy (non-hydrogen) atoms. The average Bonchev–Trinajstić information content (AvgIpc) is 2.14. The van der Waals surface area contributed by atoms with Crippen molar-refractivity contribution in [3.05, 3.63) is 0 Å². The molecule has 1 saturated heterocycles. The quantitative estimate of drug-likeness (QED) is 0.702. The second kappa shape index (κ2) is 5.58. The molecule has 1 rings (SSSR count). The zero-order valence-electron chi connectivity index (χ0n) is 8.83. The zero-order chi connectivity index (χ0) is 9.68. The lowest BCUT2D eigenvalue weighted by Crippen LogP contribution is -2.47. The molecule has 0 amide bonds. The van der Waals surface area contributed by atoms with E-state index in [1.807, 2.05) is 0 Å². The summed E-state index contributed by atoms with van der Waals surface area (Å²) in [5, 5.41) is 0. The molecule has 3 heteroatoms. The molecule has 3 nitrogen and oxygen atoms in total. The maximum atomic E-state index is 5.71. The number of likely N-dealkylation sites (tertiary alicyclic amines) is 1. The number of hydrogen-bond donors (Lipinski definition) is 1. The zero-order valence-corrected chi connectivity index (χ0v) is 8.83. The number of piperidine rings is 1. The van der Waals surface area contributed by atoms with Crippen molar-refractivity contribution in [2.24, 2.45) is 11.7 Å². The molecule has 0 spiro atoms. The van der Waals surface area contributed by atoms with E-state index >= 15 is 0 Å². The van der Waals surface area contributed by atoms with Gasteiger partial charge in [0.1, 0.15) is 0 Å². The largest absolute Gasteiger partial charge is 0.383 e. The van der Waals surface area contributed by atoms with Crippen LogP contribution in [0.15, 0.2) is 0 Å². The van der Waals surface area contributed by atoms with Gasteiger partial charge in [0.05, 0.1) is 6.61 Å². The van der Waals surface area contributed by atoms with Crippen molar-refractivity contribution in [3.8, 4) is 0 Å². The maximum Gasteiger partial charge on any atom is 0.0630 e. The van der Waals surface area contributed by atoms with Gasteiger partial charge in [0.15, 0.2) is 0 Å². The van der Waals surface area contributed by atoms with E-state index in [2.05, 4.69) is 11.8 Å². The molecule has 0 aromatic carbocycles. The predicted octanol–water partition coefficient (Wildman–Crippen LogP) is 0.692. The third kappa shape index (κ3) is 3.25. The van der Waals surface area contributed by atoms with Crippen LogP contribution in [0, 0.1) is 5.92 Å². The van der Waals surface area contributed by atoms with Crippen molar-refractivity contribution in [2.75, 3.05) is 33.4 Å². The predicted molar refractivity (Wildman–Crippen MR) is 54.7 cm³/mol. The summed E-state index contributed by atoms with van der Waals surface area (Å²) in [6.07, 6.45) is 2.67. The Kier molecular flexibility index (Phi) is 4.70. The monoisotopic (exact) mass is 186 g/mol. The van der Waals surface area contributed by atoms with Crippen molar-refractivity contribution >= 4 is 0 Å². The first-order valence-corrected chi connectivity index (χ1v) is 5.21. The van der Waals surface area contributed by atoms with Gasteiger partial charge in [-0.3, -0.25) is 4.90 Å². The summed E-state index contributed by atoms with van der Waals surface area (Å²) >= 11 is 0. The first-order chi connectivity index (χ1) is 6.27. The van der Waals surface area contributed by atoms with Gasteiger partial charge in [0.2, 0.25) is 0 Å². The fourth-order valence-electron chi connectivity index (χ4n) is 2.07. The summed E-state index contributed by atoms with van der Waals surface area (Å²) in [5.74, 6) is 0.819. The molecule has 0 aromatic heterocycles. The Balaban J connectivity index is 2.37. The van der Waals surface area contributed by atoms with Crippen LogP contribution in [0.2, 0.25) is 0 Å². The van der Waals surface area contributed by atoms with E-state index in [9.17, 15) is 0 Å². The normalized spacial score (nSPS) is 27.5. The van der Waals surface area contributed by atoms with Crippen LogP contribution in [0.4, 0.5) is 0 Å². The number of hydrogen-bond acceptors (Lipinski definition) is 3. The molecule has 0 saturated carbocycles. The Morgan fingerprint density at radius 2 is 2.38 bits per heavy atom. The van der Waals surface area contributed by atoms with Crippen LogP contribution in [0.25, 0.3) is 0 Å². The van der Waals surface area contributed by atoms with Crippen LogP contribution in [-0.4, -0.2) is 44.3 Å². The van der Waals surface area contributed by atoms with E-state index in [0.717, 1.165) is 12.5 Å². The Morgan fingerprint density at radius 1 is 1.62 bits per heavy atom. The third-order valence-corrected chi connectivity index (χ3v) is 2.84. The fourth-order valence-corrected chi connectivity index (χ4v) is 2.07. The summed E-state index contributed by atoms with van der Waals surface area (Å²) in [6, 6.07) is 0.424. The molecule has 1 heterocycles. The van der Waals surface area contributed by atoms with E-state index in [1.54, 1.807) is 7.11 Å². The maximum absolute atomic E-state index is 5.71. The molecule has 0 bridgehead atoms. The van der Waals surface area contributed by atoms with Crippen LogP contribution in [0.5, 0.6) is 0 Å². The molecule has 0 aromatic rings. The topological polar surface area (TPSA) is 38.5 Å². The Hall–Kier alpha value is -0.120. The summed E-state index contributed by atoms with van der Waals surface area (Å²) in [7, 11) is 1.75. The molecule has 2 unspecified atom stereocenters. The fraction of sp³-hybridized carbons (Fsp3) is 1.00. The molecule has 1 fully saturated rings. The van der Waals surface area contributed by atoms with Crippen molar-refractivity contribution < 1.29 is 4.74 Å². The van der Waals surface area contributed by atoms with E-state index in [0.29, 0.717) is 12.6 Å². The van der Waals surface area contributed by atoms with Gasteiger partial charge in [-0.05, 0) is 25.3 Å². The third-order valence-electron chi connectivity index (χ3n) is 2.84. The highest BCUT2D eigenvalue weighted by Gasteiger charge is 2.22. The Morgan fingerprint density at radius 3 is 2.92 bits per heavy atom. The van der Waals surface area contributed by atoms with E-state index < -0.39 is 0 Å². The number of nitrogens with zero attached hydrogens (tertiary/aromatic N) is 1. The van der Waals surface area contributed by atoms with Crippen molar-refractivity contribution in [1.82, 2.24) is 4.90 Å². The second-order valence-electron chi connectivity index (χ2n) is 4.09. The van der Waals surface area contributed by atoms with Gasteiger partial charge in [-0.15, -0.1) is 0 Å². The highest BCUT2D eigenvalue weighted by molar-refractivity contribution is 4.77. The first-order valence-electron chi connectivity index (χ1n) is 5.21. The summed E-state index contributed by atoms with van der Waals surface area (Å²) in [6.45, 7) is 6.16. The molecule has 2 atom stereocenters. The second-order valence-corrected chi connectivity index (χ2v) is 4.09. The average molecular weight is 186 g/mol. The lowest BCUT2D eigenvalue weighted by atomic mass is 9.99. The van der Waals surface area contributed by atoms with E-state index in [4.69, 9.17) is 10.5 Å². The van der Waals surface area contributed by atoms with Crippen LogP contribution < -0.4 is 5.73 Å². The molecule has 0 aliphatic carbocycles. The Labute approximate surface area is 81.2 Å². The molecule has 2 N–H and O–H groups in total. The van der Waals surface area contributed by atoms with Gasteiger partial charge in [0, 0.05) is 26.2 Å². The van der Waals surface area contributed by atoms with Gasteiger partial charge >= 0.3 is 0 Å². The lowest BCUT2D eigenvalue weighted by Gasteiger charge is -2.36. The minimum Gasteiger partial charge on any atom is -0.383 e. The number of ether oxygens (including phenoxy) is 1. The molecule has 1 aliphatic rings. The highest BCUT2D eigenvalue weighted by atomic mass is 16.5. The van der Waals surface area contributed by atoms with E-state index in [1.165, 1.54) is 25.9 Å². The van der Waals surface area contributed by atoms with Crippen molar-refractivity contribution in [2.45, 2.75) is 25.8 Å². The molecule has 78 valence electrons. The van der Waals surface area contributed by atoms with Gasteiger partial charge < -0.3 is 10.5 Å². The molecular weight excluding hydrogens is 164 g/mol. The summed E-state index contributed by atoms with van der Waals surface area (Å²) in [4.78, 5) is 2.47. The van der Waals surface area contributed by atoms with Crippen LogP contribution in [0.3, 0.4) is 0 Å². The number of nitrogens with two attached hydrogens (primary N) is 1. The highest BCUT2D eigenvalue weighted by Crippen LogP contribution is 2.17. The number of methoxy groups -OCH3 is 1. The smallest absolute Gasteiger partial charge is 0.0630 e. The lowest BCUT2D eigenvalue weighted by molar-refractivity contribution is 0.0665. The number of rotatable bonds is 4. The van der Waals surface area contributed by atoms with Gasteiger partial charge in [0.25, 0.3) is 0 Å². The van der Waals surface area contributed by atoms with Crippen LogP contribution >= 0.6 is 0 Å². The minimum absolute atomic E-state index is 0.424. The van der Waals surface area contributed by atoms with Gasteiger partial charge in [-0.25, -0.2) is 0 Å².